The van der Waals surface area contributed by atoms with Crippen LogP contribution in [-0.2, 0) is 48.0 Å². The molecule has 16 nitrogen and oxygen atoms in total. The Balaban J connectivity index is 1.27. The third kappa shape index (κ3) is 9.94. The van der Waals surface area contributed by atoms with Crippen molar-refractivity contribution in [3.05, 3.63) is 70.8 Å². The second kappa shape index (κ2) is 20.2. The first-order chi connectivity index (χ1) is 31.5. The Morgan fingerprint density at radius 1 is 1.17 bits per heavy atom. The number of methoxy groups -OCH3 is 1. The maximum absolute atomic E-state index is 14.7. The molecule has 66 heavy (non-hydrogen) atoms. The largest absolute Gasteiger partial charge is 0.378 e. The molecule has 354 valence electrons. The molecule has 5 amide bonds. The van der Waals surface area contributed by atoms with Crippen molar-refractivity contribution in [2.75, 3.05) is 47.0 Å². The Morgan fingerprint density at radius 2 is 1.95 bits per heavy atom. The minimum Gasteiger partial charge on any atom is -0.378 e. The number of urea groups is 1. The third-order valence-corrected chi connectivity index (χ3v) is 14.1. The molecule has 1 aromatic carbocycles. The lowest BCUT2D eigenvalue weighted by atomic mass is 9.84. The van der Waals surface area contributed by atoms with Crippen LogP contribution in [0.4, 0.5) is 4.79 Å². The van der Waals surface area contributed by atoms with Crippen molar-refractivity contribution in [2.24, 2.45) is 11.3 Å². The fourth-order valence-corrected chi connectivity index (χ4v) is 10.5. The van der Waals surface area contributed by atoms with Gasteiger partial charge in [-0.1, -0.05) is 40.3 Å². The van der Waals surface area contributed by atoms with Gasteiger partial charge < -0.3 is 39.3 Å². The Bertz CT molecular complexity index is 2470. The number of pyridine rings is 1. The number of fused-ring (bicyclic) bond motifs is 6. The van der Waals surface area contributed by atoms with E-state index in [9.17, 15) is 24.0 Å². The molecule has 0 aliphatic carbocycles. The third-order valence-electron chi connectivity index (χ3n) is 13.2. The van der Waals surface area contributed by atoms with Gasteiger partial charge in [-0.3, -0.25) is 24.4 Å². The number of likely N-dealkylation sites (N-methyl/N-ethyl adjacent to an activating group) is 1. The van der Waals surface area contributed by atoms with Crippen LogP contribution in [0.2, 0.25) is 0 Å². The van der Waals surface area contributed by atoms with Crippen molar-refractivity contribution >= 4 is 52.3 Å². The van der Waals surface area contributed by atoms with Crippen LogP contribution in [0.15, 0.2) is 54.6 Å². The number of aldehydes is 1. The molecule has 6 heterocycles. The number of ether oxygens (including phenoxy) is 2. The van der Waals surface area contributed by atoms with E-state index in [0.29, 0.717) is 56.9 Å². The molecule has 7 rings (SSSR count). The van der Waals surface area contributed by atoms with Gasteiger partial charge in [0.2, 0.25) is 11.8 Å². The van der Waals surface area contributed by atoms with Crippen LogP contribution < -0.4 is 16.1 Å². The quantitative estimate of drug-likeness (QED) is 0.118. The average Bonchev–Trinajstić information content (AvgIpc) is 3.88. The number of aryl methyl sites for hydroxylation is 1. The van der Waals surface area contributed by atoms with Crippen molar-refractivity contribution < 1.29 is 33.4 Å². The monoisotopic (exact) mass is 923 g/mol. The van der Waals surface area contributed by atoms with Crippen molar-refractivity contribution in [1.29, 1.82) is 0 Å². The van der Waals surface area contributed by atoms with Gasteiger partial charge in [-0.25, -0.2) is 15.2 Å². The molecule has 0 saturated carbocycles. The van der Waals surface area contributed by atoms with Crippen molar-refractivity contribution in [1.82, 2.24) is 45.4 Å². The molecule has 17 heteroatoms. The van der Waals surface area contributed by atoms with E-state index < -0.39 is 34.9 Å². The minimum atomic E-state index is -1.19. The highest BCUT2D eigenvalue weighted by atomic mass is 32.1. The van der Waals surface area contributed by atoms with Gasteiger partial charge in [0.25, 0.3) is 5.91 Å². The van der Waals surface area contributed by atoms with Gasteiger partial charge in [-0.15, -0.1) is 11.3 Å². The topological polar surface area (TPSA) is 180 Å². The summed E-state index contributed by atoms with van der Waals surface area (Å²) >= 11 is 1.40. The van der Waals surface area contributed by atoms with Crippen molar-refractivity contribution in [3.8, 4) is 22.5 Å². The van der Waals surface area contributed by atoms with Gasteiger partial charge in [0.15, 0.2) is 0 Å². The van der Waals surface area contributed by atoms with Gasteiger partial charge in [-0.2, -0.15) is 0 Å². The molecule has 4 aromatic rings. The molecule has 0 unspecified atom stereocenters. The number of carbonyl (C=O) groups is 5. The predicted molar refractivity (Wildman–Crippen MR) is 254 cm³/mol. The summed E-state index contributed by atoms with van der Waals surface area (Å²) in [4.78, 5) is 81.0. The maximum Gasteiger partial charge on any atom is 0.320 e. The number of rotatable bonds is 12. The number of benzene rings is 1. The smallest absolute Gasteiger partial charge is 0.320 e. The molecule has 6 bridgehead atoms. The van der Waals surface area contributed by atoms with E-state index >= 15 is 0 Å². The summed E-state index contributed by atoms with van der Waals surface area (Å²) in [5.41, 5.74) is 8.40. The van der Waals surface area contributed by atoms with Gasteiger partial charge in [0.05, 0.1) is 47.4 Å². The number of hydrogen-bond donors (Lipinski definition) is 3. The maximum atomic E-state index is 14.7. The summed E-state index contributed by atoms with van der Waals surface area (Å²) in [6.07, 6.45) is 5.95. The highest BCUT2D eigenvalue weighted by Crippen LogP contribution is 2.42. The first-order valence-electron chi connectivity index (χ1n) is 23.0. The van der Waals surface area contributed by atoms with E-state index in [1.807, 2.05) is 32.2 Å². The summed E-state index contributed by atoms with van der Waals surface area (Å²) < 4.78 is 14.7. The summed E-state index contributed by atoms with van der Waals surface area (Å²) in [6.45, 7) is 17.8. The number of hydrazine groups is 1. The Hall–Kier alpha value is -5.49. The lowest BCUT2D eigenvalue weighted by Crippen LogP contribution is -2.67. The molecule has 5 atom stereocenters. The standard InChI is InChI=1S/C49H65N9O7S/c1-10-40(60)51-25-33-17-21-57(33)47(63)55(8)43(30(3)4)45(61)53-37-23-41-52-38(26-66-41)32-15-16-39-35(22-32)36(44(56(39)11-2)34-14-12-19-50-42(34)31(5)64-9)24-48(6,7)28-65-29-49(27-59)18-13-20-58(54-49)46(37)62/h10,12,14-16,19,22,26-27,30-31,33,37,43,54H,1,11,13,17-18,20-21,23-25,28-29H2,2-9H3,(H,51,60)(H,53,61)/t31-,33+,37-,43-,49-/m0/s1. The van der Waals surface area contributed by atoms with Crippen LogP contribution in [0.5, 0.6) is 0 Å². The predicted octanol–water partition coefficient (Wildman–Crippen LogP) is 5.70. The van der Waals surface area contributed by atoms with Crippen LogP contribution in [0.1, 0.15) is 83.2 Å². The van der Waals surface area contributed by atoms with Crippen LogP contribution in [0.25, 0.3) is 33.4 Å². The lowest BCUT2D eigenvalue weighted by molar-refractivity contribution is -0.147. The molecule has 3 aliphatic rings. The zero-order valence-electron chi connectivity index (χ0n) is 39.5. The zero-order chi connectivity index (χ0) is 47.5. The fraction of sp³-hybridized carbons (Fsp3) is 0.531. The molecular formula is C49H65N9O7S. The van der Waals surface area contributed by atoms with E-state index in [0.717, 1.165) is 51.0 Å². The number of amides is 5. The fourth-order valence-electron chi connectivity index (χ4n) is 9.61. The summed E-state index contributed by atoms with van der Waals surface area (Å²) in [6, 6.07) is 7.87. The lowest BCUT2D eigenvalue weighted by Gasteiger charge is -2.45. The Kier molecular flexibility index (Phi) is 14.8. The molecule has 2 saturated heterocycles. The van der Waals surface area contributed by atoms with E-state index in [2.05, 4.69) is 72.2 Å². The van der Waals surface area contributed by atoms with Crippen LogP contribution in [0.3, 0.4) is 0 Å². The average molecular weight is 924 g/mol. The molecule has 2 fully saturated rings. The number of thiazole rings is 1. The summed E-state index contributed by atoms with van der Waals surface area (Å²) in [5.74, 6) is -1.58. The second-order valence-corrected chi connectivity index (χ2v) is 19.9. The minimum absolute atomic E-state index is 0.0273. The van der Waals surface area contributed by atoms with E-state index in [1.165, 1.54) is 27.3 Å². The van der Waals surface area contributed by atoms with Gasteiger partial charge in [0.1, 0.15) is 23.9 Å². The molecule has 3 N–H and O–H groups in total. The molecule has 0 radical (unpaired) electrons. The van der Waals surface area contributed by atoms with Gasteiger partial charge >= 0.3 is 6.03 Å². The Labute approximate surface area is 391 Å². The van der Waals surface area contributed by atoms with Crippen molar-refractivity contribution in [2.45, 2.75) is 110 Å². The highest BCUT2D eigenvalue weighted by Gasteiger charge is 2.43. The van der Waals surface area contributed by atoms with Crippen molar-refractivity contribution in [3.63, 3.8) is 0 Å². The van der Waals surface area contributed by atoms with E-state index in [1.54, 1.807) is 25.3 Å². The van der Waals surface area contributed by atoms with Gasteiger partial charge in [-0.05, 0) is 86.8 Å². The molecular weight excluding hydrogens is 859 g/mol. The first kappa shape index (κ1) is 48.4. The number of nitrogens with one attached hydrogen (secondary N) is 3. The summed E-state index contributed by atoms with van der Waals surface area (Å²) in [5, 5.41) is 10.9. The Morgan fingerprint density at radius 3 is 2.64 bits per heavy atom. The molecule has 3 aliphatic heterocycles. The first-order valence-corrected chi connectivity index (χ1v) is 23.9. The number of carbonyl (C=O) groups excluding carboxylic acids is 5. The zero-order valence-corrected chi connectivity index (χ0v) is 40.3. The van der Waals surface area contributed by atoms with E-state index in [4.69, 9.17) is 19.4 Å². The molecule has 3 aromatic heterocycles. The number of hydrogen-bond acceptors (Lipinski definition) is 11. The van der Waals surface area contributed by atoms with Crippen LogP contribution in [-0.4, -0.2) is 130 Å². The van der Waals surface area contributed by atoms with Crippen LogP contribution >= 0.6 is 11.3 Å². The number of aromatic nitrogens is 3. The van der Waals surface area contributed by atoms with Gasteiger partial charge in [0, 0.05) is 80.4 Å². The highest BCUT2D eigenvalue weighted by molar-refractivity contribution is 7.10. The normalized spacial score (nSPS) is 21.9. The van der Waals surface area contributed by atoms with Crippen LogP contribution in [0, 0.1) is 11.3 Å². The number of nitrogens with zero attached hydrogens (tertiary/aromatic N) is 6. The number of likely N-dealkylation sites (tertiary alicyclic amines) is 1. The second-order valence-electron chi connectivity index (χ2n) is 19.0. The SMILES string of the molecule is C=CC(=O)NC[C@H]1CCN1C(=O)N(C)[C@H](C(=O)N[C@H]1Cc2nc(cs2)-c2ccc3c(c2)c(c(-c2cccnc2[C@H](C)OC)n3CC)CC(C)(C)COC[C@@]2(C=O)CCCN(N2)C1=O)C(C)C. The molecule has 0 spiro atoms. The van der Waals surface area contributed by atoms with E-state index in [-0.39, 0.29) is 49.6 Å². The summed E-state index contributed by atoms with van der Waals surface area (Å²) in [7, 11) is 3.28.